The second kappa shape index (κ2) is 4.06. The van der Waals surface area contributed by atoms with Crippen molar-refractivity contribution in [2.24, 2.45) is 5.73 Å². The van der Waals surface area contributed by atoms with Crippen molar-refractivity contribution in [1.29, 1.82) is 0 Å². The van der Waals surface area contributed by atoms with Gasteiger partial charge in [0.15, 0.2) is 12.6 Å². The van der Waals surface area contributed by atoms with E-state index in [9.17, 15) is 4.79 Å². The van der Waals surface area contributed by atoms with Crippen molar-refractivity contribution in [2.75, 3.05) is 11.6 Å². The summed E-state index contributed by atoms with van der Waals surface area (Å²) in [5.41, 5.74) is 7.61. The number of benzene rings is 1. The molecule has 1 amide bonds. The lowest BCUT2D eigenvalue weighted by molar-refractivity contribution is -0.523. The quantitative estimate of drug-likeness (QED) is 0.745. The van der Waals surface area contributed by atoms with E-state index in [1.54, 1.807) is 5.01 Å². The molecule has 1 atom stereocenters. The highest BCUT2D eigenvalue weighted by Crippen LogP contribution is 2.19. The van der Waals surface area contributed by atoms with Gasteiger partial charge < -0.3 is 5.73 Å². The third-order valence-electron chi connectivity index (χ3n) is 2.87. The molecule has 1 aliphatic heterocycles. The highest BCUT2D eigenvalue weighted by atomic mass is 16.2. The summed E-state index contributed by atoms with van der Waals surface area (Å²) in [6.07, 6.45) is 0. The molecule has 1 aliphatic rings. The molecular weight excluding hydrogens is 202 g/mol. The predicted octanol–water partition coefficient (Wildman–Crippen LogP) is 0.769. The first kappa shape index (κ1) is 10.8. The standard InChI is InChI=1S/C12H16N3O/c1-3-14-9(2)11(13)12(16)15(14)10-7-5-4-6-8-10/h4-8,11H,3,13H2,1-2H3/q+1. The van der Waals surface area contributed by atoms with E-state index in [0.717, 1.165) is 17.9 Å². The molecule has 1 unspecified atom stereocenters. The van der Waals surface area contributed by atoms with Crippen LogP contribution in [0, 0.1) is 0 Å². The molecule has 0 aliphatic carbocycles. The van der Waals surface area contributed by atoms with Gasteiger partial charge in [0, 0.05) is 6.92 Å². The molecule has 2 rings (SSSR count). The Labute approximate surface area is 95.0 Å². The van der Waals surface area contributed by atoms with E-state index in [1.165, 1.54) is 0 Å². The van der Waals surface area contributed by atoms with E-state index < -0.39 is 6.04 Å². The SMILES string of the molecule is CC[N+]1=C(C)C(N)C(=O)N1c1ccccc1. The van der Waals surface area contributed by atoms with Crippen LogP contribution in [0.3, 0.4) is 0 Å². The number of hydrazone groups is 1. The molecule has 4 heteroatoms. The zero-order valence-electron chi connectivity index (χ0n) is 9.55. The van der Waals surface area contributed by atoms with E-state index in [0.29, 0.717) is 0 Å². The minimum Gasteiger partial charge on any atom is -0.311 e. The summed E-state index contributed by atoms with van der Waals surface area (Å²) in [6.45, 7) is 4.64. The summed E-state index contributed by atoms with van der Waals surface area (Å²) >= 11 is 0. The van der Waals surface area contributed by atoms with E-state index in [-0.39, 0.29) is 5.91 Å². The molecule has 0 aromatic heterocycles. The van der Waals surface area contributed by atoms with Gasteiger partial charge in [-0.2, -0.15) is 0 Å². The van der Waals surface area contributed by atoms with Crippen molar-refractivity contribution >= 4 is 17.3 Å². The van der Waals surface area contributed by atoms with Crippen LogP contribution in [-0.4, -0.2) is 28.9 Å². The molecule has 0 saturated carbocycles. The fourth-order valence-corrected chi connectivity index (χ4v) is 1.97. The zero-order chi connectivity index (χ0) is 11.7. The number of rotatable bonds is 2. The summed E-state index contributed by atoms with van der Waals surface area (Å²) in [4.78, 5) is 12.0. The first-order valence-corrected chi connectivity index (χ1v) is 5.42. The van der Waals surface area contributed by atoms with Gasteiger partial charge in [-0.15, -0.1) is 4.68 Å². The maximum absolute atomic E-state index is 12.0. The topological polar surface area (TPSA) is 49.3 Å². The Morgan fingerprint density at radius 2 is 2.00 bits per heavy atom. The number of nitrogens with zero attached hydrogens (tertiary/aromatic N) is 2. The predicted molar refractivity (Wildman–Crippen MR) is 63.4 cm³/mol. The molecule has 1 aromatic carbocycles. The lowest BCUT2D eigenvalue weighted by Crippen LogP contribution is -2.40. The number of carbonyl (C=O) groups excluding carboxylic acids is 1. The van der Waals surface area contributed by atoms with E-state index >= 15 is 0 Å². The van der Waals surface area contributed by atoms with Crippen LogP contribution in [0.4, 0.5) is 5.69 Å². The van der Waals surface area contributed by atoms with E-state index in [2.05, 4.69) is 0 Å². The summed E-state index contributed by atoms with van der Waals surface area (Å²) in [5, 5.41) is 1.65. The summed E-state index contributed by atoms with van der Waals surface area (Å²) in [7, 11) is 0. The maximum atomic E-state index is 12.0. The molecule has 1 heterocycles. The van der Waals surface area contributed by atoms with Crippen LogP contribution in [0.5, 0.6) is 0 Å². The van der Waals surface area contributed by atoms with Gasteiger partial charge in [0.2, 0.25) is 5.71 Å². The Bertz CT molecular complexity index is 439. The van der Waals surface area contributed by atoms with E-state index in [4.69, 9.17) is 5.73 Å². The number of hydrogen-bond acceptors (Lipinski definition) is 2. The number of amides is 1. The van der Waals surface area contributed by atoms with Crippen molar-refractivity contribution in [3.63, 3.8) is 0 Å². The summed E-state index contributed by atoms with van der Waals surface area (Å²) < 4.78 is 1.92. The fraction of sp³-hybridized carbons (Fsp3) is 0.333. The van der Waals surface area contributed by atoms with E-state index in [1.807, 2.05) is 48.9 Å². The molecule has 16 heavy (non-hydrogen) atoms. The van der Waals surface area contributed by atoms with Crippen molar-refractivity contribution in [3.8, 4) is 0 Å². The third-order valence-corrected chi connectivity index (χ3v) is 2.87. The lowest BCUT2D eigenvalue weighted by Gasteiger charge is -2.12. The minimum absolute atomic E-state index is 0.0643. The van der Waals surface area contributed by atoms with Crippen LogP contribution in [0.2, 0.25) is 0 Å². The smallest absolute Gasteiger partial charge is 0.310 e. The van der Waals surface area contributed by atoms with Crippen molar-refractivity contribution < 1.29 is 9.48 Å². The van der Waals surface area contributed by atoms with Crippen molar-refractivity contribution in [2.45, 2.75) is 19.9 Å². The molecule has 0 spiro atoms. The fourth-order valence-electron chi connectivity index (χ4n) is 1.97. The monoisotopic (exact) mass is 218 g/mol. The van der Waals surface area contributed by atoms with Gasteiger partial charge in [-0.05, 0) is 19.1 Å². The minimum atomic E-state index is -0.514. The molecule has 84 valence electrons. The van der Waals surface area contributed by atoms with Crippen molar-refractivity contribution in [3.05, 3.63) is 30.3 Å². The molecule has 0 bridgehead atoms. The highest BCUT2D eigenvalue weighted by Gasteiger charge is 2.43. The Morgan fingerprint density at radius 3 is 2.56 bits per heavy atom. The molecule has 0 fully saturated rings. The van der Waals surface area contributed by atoms with Gasteiger partial charge in [-0.3, -0.25) is 4.79 Å². The molecule has 0 saturated heterocycles. The Morgan fingerprint density at radius 1 is 1.38 bits per heavy atom. The number of para-hydroxylation sites is 1. The highest BCUT2D eigenvalue weighted by molar-refractivity contribution is 6.13. The van der Waals surface area contributed by atoms with Crippen LogP contribution in [0.25, 0.3) is 0 Å². The first-order chi connectivity index (χ1) is 7.66. The van der Waals surface area contributed by atoms with Gasteiger partial charge in [0.1, 0.15) is 5.69 Å². The number of anilines is 1. The Hall–Kier alpha value is -1.68. The number of nitrogens with two attached hydrogens (primary N) is 1. The van der Waals surface area contributed by atoms with Gasteiger partial charge in [0.05, 0.1) is 0 Å². The maximum Gasteiger partial charge on any atom is 0.310 e. The summed E-state index contributed by atoms with van der Waals surface area (Å²) in [5.74, 6) is -0.0643. The molecule has 2 N–H and O–H groups in total. The average molecular weight is 218 g/mol. The lowest BCUT2D eigenvalue weighted by atomic mass is 10.2. The normalized spacial score (nSPS) is 20.8. The zero-order valence-corrected chi connectivity index (χ0v) is 9.55. The van der Waals surface area contributed by atoms with Crippen molar-refractivity contribution in [1.82, 2.24) is 0 Å². The molecular formula is C12H16N3O+. The third kappa shape index (κ3) is 1.51. The largest absolute Gasteiger partial charge is 0.311 e. The molecule has 1 aromatic rings. The van der Waals surface area contributed by atoms with Crippen LogP contribution < -0.4 is 10.7 Å². The number of carbonyl (C=O) groups is 1. The average Bonchev–Trinajstić information content (AvgIpc) is 2.54. The van der Waals surface area contributed by atoms with Crippen LogP contribution in [-0.2, 0) is 4.79 Å². The van der Waals surface area contributed by atoms with Crippen LogP contribution in [0.15, 0.2) is 30.3 Å². The Kier molecular flexibility index (Phi) is 2.75. The second-order valence-corrected chi connectivity index (χ2v) is 3.82. The van der Waals surface area contributed by atoms with Gasteiger partial charge in [-0.1, -0.05) is 23.2 Å². The Balaban J connectivity index is 2.46. The van der Waals surface area contributed by atoms with Crippen LogP contribution >= 0.6 is 0 Å². The second-order valence-electron chi connectivity index (χ2n) is 3.82. The van der Waals surface area contributed by atoms with Gasteiger partial charge in [0.25, 0.3) is 0 Å². The molecule has 4 nitrogen and oxygen atoms in total. The van der Waals surface area contributed by atoms with Crippen LogP contribution in [0.1, 0.15) is 13.8 Å². The first-order valence-electron chi connectivity index (χ1n) is 5.42. The summed E-state index contributed by atoms with van der Waals surface area (Å²) in [6, 6.07) is 9.06. The number of hydrogen-bond donors (Lipinski definition) is 1. The van der Waals surface area contributed by atoms with Gasteiger partial charge in [-0.25, -0.2) is 0 Å². The molecule has 0 radical (unpaired) electrons. The van der Waals surface area contributed by atoms with Gasteiger partial charge >= 0.3 is 5.91 Å². The number of hydrazine groups is 1.